The van der Waals surface area contributed by atoms with E-state index in [0.29, 0.717) is 12.3 Å². The van der Waals surface area contributed by atoms with Gasteiger partial charge in [0, 0.05) is 19.5 Å². The van der Waals surface area contributed by atoms with Crippen LogP contribution in [0.25, 0.3) is 0 Å². The Morgan fingerprint density at radius 1 is 1.25 bits per heavy atom. The maximum absolute atomic E-state index is 11.6. The summed E-state index contributed by atoms with van der Waals surface area (Å²) in [7, 11) is 0. The molecule has 0 aromatic heterocycles. The van der Waals surface area contributed by atoms with Crippen molar-refractivity contribution in [2.75, 3.05) is 32.7 Å². The highest BCUT2D eigenvalue weighted by Crippen LogP contribution is 2.08. The molecule has 0 atom stereocenters. The Bertz CT molecular complexity index is 270. The van der Waals surface area contributed by atoms with E-state index in [9.17, 15) is 9.59 Å². The van der Waals surface area contributed by atoms with Gasteiger partial charge in [-0.25, -0.2) is 0 Å². The van der Waals surface area contributed by atoms with Crippen LogP contribution in [0.1, 0.15) is 19.3 Å². The SMILES string of the molecule is O=C(CC1CNC1)NCC(=O)N1CCCC1. The van der Waals surface area contributed by atoms with E-state index in [1.54, 1.807) is 0 Å². The number of hydrogen-bond donors (Lipinski definition) is 2. The van der Waals surface area contributed by atoms with E-state index in [1.807, 2.05) is 4.90 Å². The molecule has 0 aliphatic carbocycles. The van der Waals surface area contributed by atoms with Crippen LogP contribution in [0.3, 0.4) is 0 Å². The topological polar surface area (TPSA) is 61.4 Å². The lowest BCUT2D eigenvalue weighted by molar-refractivity contribution is -0.132. The van der Waals surface area contributed by atoms with Crippen LogP contribution in [0.4, 0.5) is 0 Å². The molecule has 2 aliphatic heterocycles. The molecule has 2 fully saturated rings. The second kappa shape index (κ2) is 5.30. The first kappa shape index (κ1) is 11.4. The average molecular weight is 225 g/mol. The third-order valence-corrected chi connectivity index (χ3v) is 3.24. The van der Waals surface area contributed by atoms with Gasteiger partial charge in [0.1, 0.15) is 0 Å². The molecule has 0 aromatic carbocycles. The van der Waals surface area contributed by atoms with E-state index in [-0.39, 0.29) is 18.4 Å². The standard InChI is InChI=1S/C11H19N3O2/c15-10(5-9-6-12-7-9)13-8-11(16)14-3-1-2-4-14/h9,12H,1-8H2,(H,13,15). The molecule has 2 heterocycles. The van der Waals surface area contributed by atoms with Crippen molar-refractivity contribution < 1.29 is 9.59 Å². The second-order valence-electron chi connectivity index (χ2n) is 4.59. The molecule has 2 saturated heterocycles. The van der Waals surface area contributed by atoms with Crippen molar-refractivity contribution in [3.8, 4) is 0 Å². The minimum atomic E-state index is -0.000882. The molecule has 5 heteroatoms. The van der Waals surface area contributed by atoms with Crippen molar-refractivity contribution in [2.24, 2.45) is 5.92 Å². The Morgan fingerprint density at radius 3 is 2.50 bits per heavy atom. The molecule has 16 heavy (non-hydrogen) atoms. The van der Waals surface area contributed by atoms with Crippen LogP contribution in [0, 0.1) is 5.92 Å². The molecular weight excluding hydrogens is 206 g/mol. The Kier molecular flexibility index (Phi) is 3.77. The Hall–Kier alpha value is -1.10. The monoisotopic (exact) mass is 225 g/mol. The van der Waals surface area contributed by atoms with Gasteiger partial charge in [-0.1, -0.05) is 0 Å². The second-order valence-corrected chi connectivity index (χ2v) is 4.59. The number of carbonyl (C=O) groups is 2. The van der Waals surface area contributed by atoms with Gasteiger partial charge in [0.25, 0.3) is 0 Å². The molecule has 2 amide bonds. The summed E-state index contributed by atoms with van der Waals surface area (Å²) in [6.07, 6.45) is 2.72. The highest BCUT2D eigenvalue weighted by molar-refractivity contribution is 5.85. The predicted molar refractivity (Wildman–Crippen MR) is 59.8 cm³/mol. The Balaban J connectivity index is 1.61. The lowest BCUT2D eigenvalue weighted by Crippen LogP contribution is -2.45. The van der Waals surface area contributed by atoms with E-state index >= 15 is 0 Å². The largest absolute Gasteiger partial charge is 0.347 e. The van der Waals surface area contributed by atoms with Gasteiger partial charge in [-0.3, -0.25) is 9.59 Å². The quantitative estimate of drug-likeness (QED) is 0.667. The maximum atomic E-state index is 11.6. The van der Waals surface area contributed by atoms with Crippen LogP contribution in [0.2, 0.25) is 0 Å². The summed E-state index contributed by atoms with van der Waals surface area (Å²) in [5.74, 6) is 0.513. The van der Waals surface area contributed by atoms with Gasteiger partial charge >= 0.3 is 0 Å². The lowest BCUT2D eigenvalue weighted by Gasteiger charge is -2.26. The number of likely N-dealkylation sites (tertiary alicyclic amines) is 1. The number of nitrogens with zero attached hydrogens (tertiary/aromatic N) is 1. The summed E-state index contributed by atoms with van der Waals surface area (Å²) in [4.78, 5) is 24.9. The zero-order valence-electron chi connectivity index (χ0n) is 9.50. The number of rotatable bonds is 4. The van der Waals surface area contributed by atoms with Gasteiger partial charge in [-0.2, -0.15) is 0 Å². The summed E-state index contributed by atoms with van der Waals surface area (Å²) in [5, 5.41) is 5.82. The summed E-state index contributed by atoms with van der Waals surface area (Å²) in [6, 6.07) is 0. The predicted octanol–water partition coefficient (Wildman–Crippen LogP) is -0.665. The van der Waals surface area contributed by atoms with Crippen molar-refractivity contribution in [1.82, 2.24) is 15.5 Å². The summed E-state index contributed by atoms with van der Waals surface area (Å²) < 4.78 is 0. The number of amides is 2. The van der Waals surface area contributed by atoms with Gasteiger partial charge < -0.3 is 15.5 Å². The highest BCUT2D eigenvalue weighted by Gasteiger charge is 2.21. The average Bonchev–Trinajstić information content (AvgIpc) is 2.73. The fraction of sp³-hybridized carbons (Fsp3) is 0.818. The van der Waals surface area contributed by atoms with Crippen LogP contribution < -0.4 is 10.6 Å². The zero-order chi connectivity index (χ0) is 11.4. The molecule has 2 rings (SSSR count). The van der Waals surface area contributed by atoms with Crippen LogP contribution in [-0.4, -0.2) is 49.4 Å². The van der Waals surface area contributed by atoms with E-state index in [0.717, 1.165) is 39.0 Å². The molecule has 0 radical (unpaired) electrons. The third kappa shape index (κ3) is 2.95. The number of nitrogens with one attached hydrogen (secondary N) is 2. The number of hydrogen-bond acceptors (Lipinski definition) is 3. The molecule has 5 nitrogen and oxygen atoms in total. The van der Waals surface area contributed by atoms with Gasteiger partial charge in [0.2, 0.25) is 11.8 Å². The first-order chi connectivity index (χ1) is 7.75. The van der Waals surface area contributed by atoms with Crippen molar-refractivity contribution in [2.45, 2.75) is 19.3 Å². The van der Waals surface area contributed by atoms with Crippen molar-refractivity contribution >= 4 is 11.8 Å². The van der Waals surface area contributed by atoms with E-state index in [2.05, 4.69) is 10.6 Å². The van der Waals surface area contributed by atoms with Gasteiger partial charge in [-0.05, 0) is 31.8 Å². The molecule has 0 aromatic rings. The van der Waals surface area contributed by atoms with Crippen LogP contribution in [-0.2, 0) is 9.59 Å². The zero-order valence-corrected chi connectivity index (χ0v) is 9.50. The molecule has 2 N–H and O–H groups in total. The molecule has 0 bridgehead atoms. The molecule has 0 unspecified atom stereocenters. The van der Waals surface area contributed by atoms with Gasteiger partial charge in [0.15, 0.2) is 0 Å². The summed E-state index contributed by atoms with van der Waals surface area (Å²) in [5.41, 5.74) is 0. The van der Waals surface area contributed by atoms with Crippen LogP contribution in [0.15, 0.2) is 0 Å². The Labute approximate surface area is 95.6 Å². The molecule has 2 aliphatic rings. The fourth-order valence-corrected chi connectivity index (χ4v) is 2.08. The van der Waals surface area contributed by atoms with Crippen LogP contribution in [0.5, 0.6) is 0 Å². The van der Waals surface area contributed by atoms with E-state index in [1.165, 1.54) is 0 Å². The maximum Gasteiger partial charge on any atom is 0.241 e. The van der Waals surface area contributed by atoms with Crippen molar-refractivity contribution in [3.05, 3.63) is 0 Å². The van der Waals surface area contributed by atoms with E-state index in [4.69, 9.17) is 0 Å². The van der Waals surface area contributed by atoms with Gasteiger partial charge in [-0.15, -0.1) is 0 Å². The minimum absolute atomic E-state index is 0.000882. The summed E-state index contributed by atoms with van der Waals surface area (Å²) >= 11 is 0. The van der Waals surface area contributed by atoms with Crippen LogP contribution >= 0.6 is 0 Å². The molecule has 0 spiro atoms. The summed E-state index contributed by atoms with van der Waals surface area (Å²) in [6.45, 7) is 3.71. The Morgan fingerprint density at radius 2 is 1.94 bits per heavy atom. The number of carbonyl (C=O) groups excluding carboxylic acids is 2. The molecular formula is C11H19N3O2. The van der Waals surface area contributed by atoms with Crippen molar-refractivity contribution in [1.29, 1.82) is 0 Å². The molecule has 0 saturated carbocycles. The first-order valence-corrected chi connectivity index (χ1v) is 6.01. The van der Waals surface area contributed by atoms with Crippen molar-refractivity contribution in [3.63, 3.8) is 0 Å². The van der Waals surface area contributed by atoms with Gasteiger partial charge in [0.05, 0.1) is 6.54 Å². The first-order valence-electron chi connectivity index (χ1n) is 6.01. The smallest absolute Gasteiger partial charge is 0.241 e. The highest BCUT2D eigenvalue weighted by atomic mass is 16.2. The van der Waals surface area contributed by atoms with E-state index < -0.39 is 0 Å². The normalized spacial score (nSPS) is 20.6. The lowest BCUT2D eigenvalue weighted by atomic mass is 9.99. The third-order valence-electron chi connectivity index (χ3n) is 3.24. The minimum Gasteiger partial charge on any atom is -0.347 e. The molecule has 90 valence electrons. The fourth-order valence-electron chi connectivity index (χ4n) is 2.08.